The third-order valence-corrected chi connectivity index (χ3v) is 3.78. The average Bonchev–Trinajstić information content (AvgIpc) is 2.47. The molecule has 0 bridgehead atoms. The van der Waals surface area contributed by atoms with Crippen molar-refractivity contribution in [2.24, 2.45) is 0 Å². The van der Waals surface area contributed by atoms with Crippen LogP contribution in [0, 0.1) is 0 Å². The number of hydrogen-bond acceptors (Lipinski definition) is 4. The van der Waals surface area contributed by atoms with Crippen LogP contribution in [-0.4, -0.2) is 55.4 Å². The van der Waals surface area contributed by atoms with E-state index in [-0.39, 0.29) is 0 Å². The van der Waals surface area contributed by atoms with Gasteiger partial charge in [-0.25, -0.2) is 0 Å². The summed E-state index contributed by atoms with van der Waals surface area (Å²) in [5, 5.41) is 9.08. The number of aliphatic carboxylic acids is 1. The fourth-order valence-electron chi connectivity index (χ4n) is 2.35. The maximum atomic E-state index is 11.0. The van der Waals surface area contributed by atoms with E-state index in [1.54, 1.807) is 6.92 Å². The maximum Gasteiger partial charge on any atom is 0.320 e. The Labute approximate surface area is 119 Å². The van der Waals surface area contributed by atoms with Crippen molar-refractivity contribution < 1.29 is 14.6 Å². The van der Waals surface area contributed by atoms with Gasteiger partial charge in [0.25, 0.3) is 0 Å². The van der Waals surface area contributed by atoms with Crippen LogP contribution in [0.4, 0.5) is 5.69 Å². The Bertz CT molecular complexity index is 458. The zero-order valence-corrected chi connectivity index (χ0v) is 12.1. The molecule has 5 nitrogen and oxygen atoms in total. The van der Waals surface area contributed by atoms with E-state index in [4.69, 9.17) is 9.84 Å². The first-order chi connectivity index (χ1) is 9.59. The van der Waals surface area contributed by atoms with Gasteiger partial charge in [-0.15, -0.1) is 0 Å². The quantitative estimate of drug-likeness (QED) is 0.883. The number of likely N-dealkylation sites (N-methyl/N-ethyl adjacent to an activating group) is 1. The number of hydrogen-bond donors (Lipinski definition) is 1. The number of carbonyl (C=O) groups is 1. The Hall–Kier alpha value is -1.59. The molecule has 5 heteroatoms. The smallest absolute Gasteiger partial charge is 0.320 e. The van der Waals surface area contributed by atoms with Crippen LogP contribution in [0.5, 0.6) is 0 Å². The molecule has 0 unspecified atom stereocenters. The Balaban J connectivity index is 2.13. The molecule has 1 N–H and O–H groups in total. The Morgan fingerprint density at radius 1 is 1.40 bits per heavy atom. The number of para-hydroxylation sites is 1. The van der Waals surface area contributed by atoms with E-state index in [2.05, 4.69) is 17.0 Å². The highest BCUT2D eigenvalue weighted by atomic mass is 16.5. The van der Waals surface area contributed by atoms with E-state index in [1.165, 1.54) is 5.69 Å². The molecule has 1 aliphatic heterocycles. The standard InChI is InChI=1S/C15H22N2O3/c1-12(15(18)19)16(2)11-13-5-3-4-6-14(13)17-7-9-20-10-8-17/h3-6,12H,7-11H2,1-2H3,(H,18,19)/t12-/m0/s1. The lowest BCUT2D eigenvalue weighted by Crippen LogP contribution is -2.38. The van der Waals surface area contributed by atoms with Gasteiger partial charge in [-0.3, -0.25) is 9.69 Å². The van der Waals surface area contributed by atoms with Crippen LogP contribution in [0.15, 0.2) is 24.3 Å². The fourth-order valence-corrected chi connectivity index (χ4v) is 2.35. The number of carboxylic acids is 1. The van der Waals surface area contributed by atoms with E-state index in [0.29, 0.717) is 6.54 Å². The summed E-state index contributed by atoms with van der Waals surface area (Å²) in [5.74, 6) is -0.795. The van der Waals surface area contributed by atoms with E-state index in [1.807, 2.05) is 24.1 Å². The van der Waals surface area contributed by atoms with Gasteiger partial charge >= 0.3 is 5.97 Å². The summed E-state index contributed by atoms with van der Waals surface area (Å²) in [6.45, 7) is 5.59. The van der Waals surface area contributed by atoms with Crippen LogP contribution < -0.4 is 4.90 Å². The summed E-state index contributed by atoms with van der Waals surface area (Å²) in [7, 11) is 1.84. The molecule has 0 amide bonds. The lowest BCUT2D eigenvalue weighted by molar-refractivity contribution is -0.142. The van der Waals surface area contributed by atoms with Crippen LogP contribution in [0.2, 0.25) is 0 Å². The highest BCUT2D eigenvalue weighted by Gasteiger charge is 2.20. The van der Waals surface area contributed by atoms with Gasteiger partial charge in [-0.05, 0) is 25.6 Å². The second-order valence-electron chi connectivity index (χ2n) is 5.16. The topological polar surface area (TPSA) is 53.0 Å². The Morgan fingerprint density at radius 2 is 2.05 bits per heavy atom. The van der Waals surface area contributed by atoms with Gasteiger partial charge in [-0.1, -0.05) is 18.2 Å². The summed E-state index contributed by atoms with van der Waals surface area (Å²) < 4.78 is 5.38. The fraction of sp³-hybridized carbons (Fsp3) is 0.533. The van der Waals surface area contributed by atoms with Gasteiger partial charge in [0.05, 0.1) is 13.2 Å². The van der Waals surface area contributed by atoms with Crippen LogP contribution >= 0.6 is 0 Å². The second-order valence-corrected chi connectivity index (χ2v) is 5.16. The third-order valence-electron chi connectivity index (χ3n) is 3.78. The van der Waals surface area contributed by atoms with E-state index < -0.39 is 12.0 Å². The summed E-state index contributed by atoms with van der Waals surface area (Å²) in [6, 6.07) is 7.69. The van der Waals surface area contributed by atoms with Gasteiger partial charge in [0.1, 0.15) is 6.04 Å². The number of ether oxygens (including phenoxy) is 1. The first kappa shape index (κ1) is 14.8. The number of nitrogens with zero attached hydrogens (tertiary/aromatic N) is 2. The van der Waals surface area contributed by atoms with Crippen molar-refractivity contribution in [3.8, 4) is 0 Å². The molecule has 1 heterocycles. The minimum atomic E-state index is -0.795. The molecule has 1 saturated heterocycles. The van der Waals surface area contributed by atoms with Crippen molar-refractivity contribution in [1.29, 1.82) is 0 Å². The second kappa shape index (κ2) is 6.72. The molecule has 0 aliphatic carbocycles. The van der Waals surface area contributed by atoms with E-state index in [0.717, 1.165) is 31.9 Å². The molecule has 110 valence electrons. The van der Waals surface area contributed by atoms with Crippen molar-refractivity contribution >= 4 is 11.7 Å². The summed E-state index contributed by atoms with van der Waals surface area (Å²) in [5.41, 5.74) is 2.34. The van der Waals surface area contributed by atoms with E-state index >= 15 is 0 Å². The summed E-state index contributed by atoms with van der Waals surface area (Å²) in [6.07, 6.45) is 0. The highest BCUT2D eigenvalue weighted by Crippen LogP contribution is 2.23. The zero-order valence-electron chi connectivity index (χ0n) is 12.1. The third kappa shape index (κ3) is 3.49. The molecule has 2 rings (SSSR count). The zero-order chi connectivity index (χ0) is 14.5. The SMILES string of the molecule is C[C@@H](C(=O)O)N(C)Cc1ccccc1N1CCOCC1. The molecule has 20 heavy (non-hydrogen) atoms. The molecule has 0 radical (unpaired) electrons. The monoisotopic (exact) mass is 278 g/mol. The predicted molar refractivity (Wildman–Crippen MR) is 78.0 cm³/mol. The maximum absolute atomic E-state index is 11.0. The van der Waals surface area contributed by atoms with Crippen LogP contribution in [0.3, 0.4) is 0 Å². The molecule has 0 saturated carbocycles. The first-order valence-corrected chi connectivity index (χ1v) is 6.93. The minimum Gasteiger partial charge on any atom is -0.480 e. The average molecular weight is 278 g/mol. The van der Waals surface area contributed by atoms with Gasteiger partial charge in [-0.2, -0.15) is 0 Å². The lowest BCUT2D eigenvalue weighted by Gasteiger charge is -2.32. The van der Waals surface area contributed by atoms with Crippen LogP contribution in [0.25, 0.3) is 0 Å². The molecule has 1 aromatic rings. The largest absolute Gasteiger partial charge is 0.480 e. The number of morpholine rings is 1. The Morgan fingerprint density at radius 3 is 2.70 bits per heavy atom. The van der Waals surface area contributed by atoms with Crippen molar-refractivity contribution in [1.82, 2.24) is 4.90 Å². The molecule has 1 atom stereocenters. The molecule has 1 fully saturated rings. The van der Waals surface area contributed by atoms with E-state index in [9.17, 15) is 4.79 Å². The number of benzene rings is 1. The first-order valence-electron chi connectivity index (χ1n) is 6.93. The van der Waals surface area contributed by atoms with Crippen LogP contribution in [0.1, 0.15) is 12.5 Å². The minimum absolute atomic E-state index is 0.493. The van der Waals surface area contributed by atoms with Crippen LogP contribution in [-0.2, 0) is 16.1 Å². The van der Waals surface area contributed by atoms with Crippen molar-refractivity contribution in [2.45, 2.75) is 19.5 Å². The van der Waals surface area contributed by atoms with Gasteiger partial charge in [0.15, 0.2) is 0 Å². The summed E-state index contributed by atoms with van der Waals surface area (Å²) >= 11 is 0. The number of rotatable bonds is 5. The normalized spacial score (nSPS) is 17.2. The van der Waals surface area contributed by atoms with Crippen molar-refractivity contribution in [2.75, 3.05) is 38.3 Å². The van der Waals surface area contributed by atoms with Crippen molar-refractivity contribution in [3.63, 3.8) is 0 Å². The van der Waals surface area contributed by atoms with Gasteiger partial charge in [0.2, 0.25) is 0 Å². The van der Waals surface area contributed by atoms with Gasteiger partial charge in [0, 0.05) is 25.3 Å². The summed E-state index contributed by atoms with van der Waals surface area (Å²) in [4.78, 5) is 15.2. The van der Waals surface area contributed by atoms with Gasteiger partial charge < -0.3 is 14.7 Å². The Kier molecular flexibility index (Phi) is 4.98. The molecule has 1 aliphatic rings. The molecular formula is C15H22N2O3. The molecule has 1 aromatic carbocycles. The lowest BCUT2D eigenvalue weighted by atomic mass is 10.1. The number of anilines is 1. The number of carboxylic acid groups (broad SMARTS) is 1. The predicted octanol–water partition coefficient (Wildman–Crippen LogP) is 1.43. The molecule has 0 aromatic heterocycles. The van der Waals surface area contributed by atoms with Crippen molar-refractivity contribution in [3.05, 3.63) is 29.8 Å². The molecule has 0 spiro atoms. The molecular weight excluding hydrogens is 256 g/mol. The highest BCUT2D eigenvalue weighted by molar-refractivity contribution is 5.72.